The van der Waals surface area contributed by atoms with Gasteiger partial charge in [0.2, 0.25) is 0 Å². The van der Waals surface area contributed by atoms with Crippen molar-refractivity contribution >= 4 is 23.1 Å². The first-order chi connectivity index (χ1) is 11.7. The molecule has 0 aromatic heterocycles. The number of hydrogen-bond donors (Lipinski definition) is 0. The fourth-order valence-corrected chi connectivity index (χ4v) is 2.85. The summed E-state index contributed by atoms with van der Waals surface area (Å²) in [4.78, 5) is 24.7. The summed E-state index contributed by atoms with van der Waals surface area (Å²) >= 11 is 0. The Labute approximate surface area is 137 Å². The van der Waals surface area contributed by atoms with Crippen LogP contribution in [-0.4, -0.2) is 19.0 Å². The summed E-state index contributed by atoms with van der Waals surface area (Å²) < 4.78 is 16.0. The van der Waals surface area contributed by atoms with Crippen molar-refractivity contribution < 1.29 is 23.8 Å². The molecule has 2 aromatic carbocycles. The molecule has 4 rings (SSSR count). The molecule has 0 spiro atoms. The van der Waals surface area contributed by atoms with Crippen molar-refractivity contribution in [2.45, 2.75) is 0 Å². The Morgan fingerprint density at radius 2 is 1.46 bits per heavy atom. The summed E-state index contributed by atoms with van der Waals surface area (Å²) in [5.74, 6) is -0.364. The lowest BCUT2D eigenvalue weighted by molar-refractivity contribution is -0.131. The molecule has 2 heterocycles. The highest BCUT2D eigenvalue weighted by Crippen LogP contribution is 2.42. The summed E-state index contributed by atoms with van der Waals surface area (Å²) in [6.45, 7) is 0. The van der Waals surface area contributed by atoms with E-state index >= 15 is 0 Å². The number of carbonyl (C=O) groups is 2. The Morgan fingerprint density at radius 1 is 0.792 bits per heavy atom. The first-order valence-corrected chi connectivity index (χ1v) is 7.33. The maximum atomic E-state index is 12.4. The second kappa shape index (κ2) is 5.38. The van der Waals surface area contributed by atoms with Gasteiger partial charge in [0.15, 0.2) is 11.5 Å². The molecular formula is C19H12O5. The fraction of sp³-hybridized carbons (Fsp3) is 0.0526. The van der Waals surface area contributed by atoms with Crippen LogP contribution in [0, 0.1) is 0 Å². The smallest absolute Gasteiger partial charge is 0.348 e. The van der Waals surface area contributed by atoms with Crippen molar-refractivity contribution in [2.24, 2.45) is 0 Å². The number of cyclic esters (lactones) is 1. The Hall–Kier alpha value is -3.34. The molecule has 0 saturated carbocycles. The summed E-state index contributed by atoms with van der Waals surface area (Å²) in [6.07, 6.45) is 0. The van der Waals surface area contributed by atoms with E-state index in [4.69, 9.17) is 14.2 Å². The van der Waals surface area contributed by atoms with Crippen LogP contribution in [0.3, 0.4) is 0 Å². The lowest BCUT2D eigenvalue weighted by atomic mass is 10.0. The topological polar surface area (TPSA) is 61.8 Å². The number of hydrogen-bond acceptors (Lipinski definition) is 5. The number of fused-ring (bicyclic) bond motifs is 1. The second-order valence-electron chi connectivity index (χ2n) is 5.25. The van der Waals surface area contributed by atoms with Crippen LogP contribution < -0.4 is 4.74 Å². The molecule has 5 heteroatoms. The van der Waals surface area contributed by atoms with E-state index in [0.29, 0.717) is 16.9 Å². The van der Waals surface area contributed by atoms with E-state index < -0.39 is 11.9 Å². The Kier molecular flexibility index (Phi) is 3.20. The number of rotatable bonds is 2. The lowest BCUT2D eigenvalue weighted by Crippen LogP contribution is -2.06. The summed E-state index contributed by atoms with van der Waals surface area (Å²) in [5.41, 5.74) is 1.73. The summed E-state index contributed by atoms with van der Waals surface area (Å²) in [7, 11) is 1.44. The van der Waals surface area contributed by atoms with Crippen LogP contribution in [0.25, 0.3) is 11.1 Å². The molecule has 0 unspecified atom stereocenters. The minimum absolute atomic E-state index is 0.0938. The van der Waals surface area contributed by atoms with Crippen molar-refractivity contribution in [1.29, 1.82) is 0 Å². The highest BCUT2D eigenvalue weighted by molar-refractivity contribution is 6.27. The van der Waals surface area contributed by atoms with Gasteiger partial charge in [-0.3, -0.25) is 0 Å². The van der Waals surface area contributed by atoms with Gasteiger partial charge in [-0.25, -0.2) is 9.59 Å². The van der Waals surface area contributed by atoms with E-state index in [1.54, 1.807) is 36.4 Å². The van der Waals surface area contributed by atoms with Gasteiger partial charge in [0.25, 0.3) is 0 Å². The zero-order chi connectivity index (χ0) is 16.7. The molecule has 2 aliphatic heterocycles. The standard InChI is InChI=1S/C19H12O5/c1-22-16-14(11-7-3-2-4-8-11)18(20)24-17(16)15-12-9-5-6-10-13(12)23-19(15)21/h2-10H,1H3/b17-15+. The molecule has 0 atom stereocenters. The fourth-order valence-electron chi connectivity index (χ4n) is 2.85. The number of benzene rings is 2. The Bertz CT molecular complexity index is 922. The van der Waals surface area contributed by atoms with Crippen molar-refractivity contribution in [2.75, 3.05) is 7.11 Å². The molecule has 24 heavy (non-hydrogen) atoms. The van der Waals surface area contributed by atoms with E-state index in [-0.39, 0.29) is 22.7 Å². The molecule has 0 fully saturated rings. The Balaban J connectivity index is 1.96. The number of ether oxygens (including phenoxy) is 3. The first kappa shape index (κ1) is 14.3. The molecule has 0 amide bonds. The van der Waals surface area contributed by atoms with Crippen LogP contribution >= 0.6 is 0 Å². The molecule has 118 valence electrons. The molecule has 0 radical (unpaired) electrons. The van der Waals surface area contributed by atoms with Crippen LogP contribution in [0.15, 0.2) is 66.1 Å². The van der Waals surface area contributed by atoms with Gasteiger partial charge in [-0.15, -0.1) is 0 Å². The molecule has 0 N–H and O–H groups in total. The van der Waals surface area contributed by atoms with Gasteiger partial charge < -0.3 is 14.2 Å². The Morgan fingerprint density at radius 3 is 2.21 bits per heavy atom. The third kappa shape index (κ3) is 2.02. The van der Waals surface area contributed by atoms with E-state index in [1.807, 2.05) is 18.2 Å². The van der Waals surface area contributed by atoms with Gasteiger partial charge >= 0.3 is 11.9 Å². The van der Waals surface area contributed by atoms with Gasteiger partial charge in [0.05, 0.1) is 7.11 Å². The SMILES string of the molecule is COC1=C(c2ccccc2)C(=O)O/C1=C1/C(=O)Oc2ccccc21. The molecule has 5 nitrogen and oxygen atoms in total. The zero-order valence-electron chi connectivity index (χ0n) is 12.7. The lowest BCUT2D eigenvalue weighted by Gasteiger charge is -2.05. The predicted molar refractivity (Wildman–Crippen MR) is 85.5 cm³/mol. The second-order valence-corrected chi connectivity index (χ2v) is 5.25. The van der Waals surface area contributed by atoms with Gasteiger partial charge in [-0.2, -0.15) is 0 Å². The first-order valence-electron chi connectivity index (χ1n) is 7.33. The average Bonchev–Trinajstić information content (AvgIpc) is 3.10. The van der Waals surface area contributed by atoms with E-state index in [9.17, 15) is 9.59 Å². The van der Waals surface area contributed by atoms with Crippen LogP contribution in [0.2, 0.25) is 0 Å². The molecule has 2 aliphatic rings. The molecule has 0 saturated heterocycles. The zero-order valence-corrected chi connectivity index (χ0v) is 12.7. The van der Waals surface area contributed by atoms with E-state index in [1.165, 1.54) is 7.11 Å². The summed E-state index contributed by atoms with van der Waals surface area (Å²) in [6, 6.07) is 16.0. The number of methoxy groups -OCH3 is 1. The third-order valence-corrected chi connectivity index (χ3v) is 3.89. The monoisotopic (exact) mass is 320 g/mol. The van der Waals surface area contributed by atoms with Crippen molar-refractivity contribution in [1.82, 2.24) is 0 Å². The molecular weight excluding hydrogens is 308 g/mol. The molecule has 0 bridgehead atoms. The van der Waals surface area contributed by atoms with Crippen LogP contribution in [0.5, 0.6) is 5.75 Å². The van der Waals surface area contributed by atoms with Gasteiger partial charge in [-0.1, -0.05) is 48.5 Å². The van der Waals surface area contributed by atoms with Crippen LogP contribution in [-0.2, 0) is 19.1 Å². The number of para-hydroxylation sites is 1. The molecule has 2 aromatic rings. The van der Waals surface area contributed by atoms with Crippen molar-refractivity contribution in [3.8, 4) is 5.75 Å². The third-order valence-electron chi connectivity index (χ3n) is 3.89. The highest BCUT2D eigenvalue weighted by Gasteiger charge is 2.40. The van der Waals surface area contributed by atoms with Gasteiger partial charge in [0, 0.05) is 5.56 Å². The quantitative estimate of drug-likeness (QED) is 0.484. The van der Waals surface area contributed by atoms with E-state index in [2.05, 4.69) is 0 Å². The van der Waals surface area contributed by atoms with Crippen molar-refractivity contribution in [3.05, 3.63) is 77.2 Å². The van der Waals surface area contributed by atoms with Crippen molar-refractivity contribution in [3.63, 3.8) is 0 Å². The van der Waals surface area contributed by atoms with Gasteiger partial charge in [-0.05, 0) is 11.6 Å². The normalized spacial score (nSPS) is 19.2. The minimum atomic E-state index is -0.567. The predicted octanol–water partition coefficient (Wildman–Crippen LogP) is 2.93. The van der Waals surface area contributed by atoms with E-state index in [0.717, 1.165) is 0 Å². The van der Waals surface area contributed by atoms with Gasteiger partial charge in [0.1, 0.15) is 16.9 Å². The maximum Gasteiger partial charge on any atom is 0.348 e. The van der Waals surface area contributed by atoms with Crippen LogP contribution in [0.4, 0.5) is 0 Å². The highest BCUT2D eigenvalue weighted by atomic mass is 16.6. The van der Waals surface area contributed by atoms with Crippen LogP contribution in [0.1, 0.15) is 11.1 Å². The number of carbonyl (C=O) groups excluding carboxylic acids is 2. The number of esters is 2. The summed E-state index contributed by atoms with van der Waals surface area (Å²) in [5, 5.41) is 0. The maximum absolute atomic E-state index is 12.4. The largest absolute Gasteiger partial charge is 0.492 e. The average molecular weight is 320 g/mol. The minimum Gasteiger partial charge on any atom is -0.492 e. The molecule has 0 aliphatic carbocycles.